The van der Waals surface area contributed by atoms with Crippen molar-refractivity contribution in [3.05, 3.63) is 24.3 Å². The molecule has 0 aromatic heterocycles. The van der Waals surface area contributed by atoms with Gasteiger partial charge >= 0.3 is 0 Å². The van der Waals surface area contributed by atoms with Crippen molar-refractivity contribution in [3.8, 4) is 5.75 Å². The average molecular weight is 416 g/mol. The number of sulfone groups is 2. The van der Waals surface area contributed by atoms with E-state index in [0.29, 0.717) is 12.4 Å². The topological polar surface area (TPSA) is 89.5 Å². The van der Waals surface area contributed by atoms with Gasteiger partial charge in [-0.1, -0.05) is 25.7 Å². The lowest BCUT2D eigenvalue weighted by molar-refractivity contribution is 0.340. The SMILES string of the molecule is CCOc1ccc(S(=O)(=O)C2CS(=O)(=O)CC2NC2CCCCCC2)cc1. The minimum atomic E-state index is -3.75. The summed E-state index contributed by atoms with van der Waals surface area (Å²) in [5.74, 6) is 0.181. The quantitative estimate of drug-likeness (QED) is 0.718. The largest absolute Gasteiger partial charge is 0.494 e. The first-order valence-corrected chi connectivity index (χ1v) is 13.1. The van der Waals surface area contributed by atoms with E-state index >= 15 is 0 Å². The standard InChI is InChI=1S/C19H29NO5S2/c1-2-25-16-9-11-17(12-10-16)27(23,24)19-14-26(21,22)13-18(19)20-15-7-5-3-4-6-8-15/h9-12,15,18-20H,2-8,13-14H2,1H3. The Labute approximate surface area is 162 Å². The van der Waals surface area contributed by atoms with Gasteiger partial charge in [0.25, 0.3) is 0 Å². The van der Waals surface area contributed by atoms with Gasteiger partial charge < -0.3 is 10.1 Å². The van der Waals surface area contributed by atoms with Gasteiger partial charge in [0.1, 0.15) is 5.75 Å². The summed E-state index contributed by atoms with van der Waals surface area (Å²) < 4.78 is 56.2. The Morgan fingerprint density at radius 2 is 1.67 bits per heavy atom. The van der Waals surface area contributed by atoms with E-state index in [-0.39, 0.29) is 22.4 Å². The van der Waals surface area contributed by atoms with Gasteiger partial charge in [-0.15, -0.1) is 0 Å². The number of nitrogens with one attached hydrogen (secondary N) is 1. The Morgan fingerprint density at radius 1 is 1.04 bits per heavy atom. The third kappa shape index (κ3) is 5.03. The van der Waals surface area contributed by atoms with Gasteiger partial charge in [-0.2, -0.15) is 0 Å². The number of hydrogen-bond donors (Lipinski definition) is 1. The van der Waals surface area contributed by atoms with Crippen LogP contribution in [0.15, 0.2) is 29.2 Å². The van der Waals surface area contributed by atoms with E-state index in [1.807, 2.05) is 6.92 Å². The van der Waals surface area contributed by atoms with Gasteiger partial charge in [0.2, 0.25) is 0 Å². The zero-order chi connectivity index (χ0) is 19.5. The molecule has 0 radical (unpaired) electrons. The Hall–Kier alpha value is -1.12. The zero-order valence-electron chi connectivity index (χ0n) is 15.8. The highest BCUT2D eigenvalue weighted by Gasteiger charge is 2.46. The lowest BCUT2D eigenvalue weighted by Gasteiger charge is -2.25. The van der Waals surface area contributed by atoms with Crippen LogP contribution in [0.25, 0.3) is 0 Å². The molecule has 6 nitrogen and oxygen atoms in total. The maximum Gasteiger partial charge on any atom is 0.183 e. The first-order chi connectivity index (χ1) is 12.8. The van der Waals surface area contributed by atoms with Gasteiger partial charge in [0.15, 0.2) is 19.7 Å². The minimum absolute atomic E-state index is 0.107. The number of ether oxygens (including phenoxy) is 1. The molecule has 1 N–H and O–H groups in total. The smallest absolute Gasteiger partial charge is 0.183 e. The molecule has 2 unspecified atom stereocenters. The van der Waals surface area contributed by atoms with Crippen LogP contribution < -0.4 is 10.1 Å². The fraction of sp³-hybridized carbons (Fsp3) is 0.684. The molecule has 1 aromatic carbocycles. The van der Waals surface area contributed by atoms with Crippen molar-refractivity contribution in [2.24, 2.45) is 0 Å². The van der Waals surface area contributed by atoms with Gasteiger partial charge in [0, 0.05) is 12.1 Å². The third-order valence-electron chi connectivity index (χ3n) is 5.47. The van der Waals surface area contributed by atoms with Crippen molar-refractivity contribution in [2.45, 2.75) is 67.7 Å². The van der Waals surface area contributed by atoms with Crippen LogP contribution in [0.3, 0.4) is 0 Å². The molecule has 1 saturated carbocycles. The highest BCUT2D eigenvalue weighted by atomic mass is 32.2. The number of rotatable bonds is 6. The second kappa shape index (κ2) is 8.49. The van der Waals surface area contributed by atoms with Crippen LogP contribution in [0.1, 0.15) is 45.4 Å². The molecule has 3 rings (SSSR count). The van der Waals surface area contributed by atoms with Gasteiger partial charge in [0.05, 0.1) is 28.3 Å². The van der Waals surface area contributed by atoms with E-state index in [1.165, 1.54) is 25.0 Å². The van der Waals surface area contributed by atoms with Gasteiger partial charge in [-0.05, 0) is 44.0 Å². The number of benzene rings is 1. The Balaban J connectivity index is 1.81. The van der Waals surface area contributed by atoms with Crippen LogP contribution in [0, 0.1) is 0 Å². The second-order valence-electron chi connectivity index (χ2n) is 7.53. The normalized spacial score (nSPS) is 26.6. The lowest BCUT2D eigenvalue weighted by atomic mass is 10.1. The van der Waals surface area contributed by atoms with Crippen molar-refractivity contribution in [2.75, 3.05) is 18.1 Å². The van der Waals surface area contributed by atoms with E-state index in [2.05, 4.69) is 5.32 Å². The fourth-order valence-electron chi connectivity index (χ4n) is 4.09. The predicted molar refractivity (Wildman–Crippen MR) is 106 cm³/mol. The molecule has 2 fully saturated rings. The molecule has 8 heteroatoms. The molecule has 0 bridgehead atoms. The van der Waals surface area contributed by atoms with Crippen LogP contribution in [-0.4, -0.2) is 52.3 Å². The van der Waals surface area contributed by atoms with Gasteiger partial charge in [-0.25, -0.2) is 16.8 Å². The maximum atomic E-state index is 13.2. The average Bonchev–Trinajstić information content (AvgIpc) is 2.78. The van der Waals surface area contributed by atoms with Crippen molar-refractivity contribution >= 4 is 19.7 Å². The molecule has 27 heavy (non-hydrogen) atoms. The van der Waals surface area contributed by atoms with E-state index in [4.69, 9.17) is 4.74 Å². The molecule has 1 heterocycles. The zero-order valence-corrected chi connectivity index (χ0v) is 17.4. The van der Waals surface area contributed by atoms with E-state index < -0.39 is 31.0 Å². The summed E-state index contributed by atoms with van der Waals surface area (Å²) in [6, 6.07) is 5.90. The van der Waals surface area contributed by atoms with Crippen LogP contribution in [-0.2, 0) is 19.7 Å². The Bertz CT molecular complexity index is 825. The van der Waals surface area contributed by atoms with Crippen LogP contribution >= 0.6 is 0 Å². The summed E-state index contributed by atoms with van der Waals surface area (Å²) in [5.41, 5.74) is 0. The Kier molecular flexibility index (Phi) is 6.48. The maximum absolute atomic E-state index is 13.2. The summed E-state index contributed by atoms with van der Waals surface area (Å²) in [5, 5.41) is 2.45. The Morgan fingerprint density at radius 3 is 2.26 bits per heavy atom. The molecule has 1 saturated heterocycles. The van der Waals surface area contributed by atoms with Crippen molar-refractivity contribution in [1.82, 2.24) is 5.32 Å². The molecule has 0 spiro atoms. The van der Waals surface area contributed by atoms with Crippen LogP contribution in [0.2, 0.25) is 0 Å². The first kappa shape index (κ1) is 20.6. The third-order valence-corrected chi connectivity index (χ3v) is 9.63. The molecule has 1 aliphatic carbocycles. The van der Waals surface area contributed by atoms with Crippen molar-refractivity contribution < 1.29 is 21.6 Å². The fourth-order valence-corrected chi connectivity index (χ4v) is 8.77. The first-order valence-electron chi connectivity index (χ1n) is 9.75. The number of hydrogen-bond acceptors (Lipinski definition) is 6. The molecule has 152 valence electrons. The lowest BCUT2D eigenvalue weighted by Crippen LogP contribution is -2.47. The van der Waals surface area contributed by atoms with E-state index in [9.17, 15) is 16.8 Å². The molecule has 1 aromatic rings. The van der Waals surface area contributed by atoms with Crippen molar-refractivity contribution in [1.29, 1.82) is 0 Å². The van der Waals surface area contributed by atoms with E-state index in [1.54, 1.807) is 12.1 Å². The summed E-state index contributed by atoms with van der Waals surface area (Å²) >= 11 is 0. The monoisotopic (exact) mass is 415 g/mol. The molecule has 1 aliphatic heterocycles. The summed E-state index contributed by atoms with van der Waals surface area (Å²) in [6.07, 6.45) is 6.55. The highest BCUT2D eigenvalue weighted by molar-refractivity contribution is 7.96. The molecule has 2 atom stereocenters. The predicted octanol–water partition coefficient (Wildman–Crippen LogP) is 2.34. The summed E-state index contributed by atoms with van der Waals surface area (Å²) in [4.78, 5) is 0.153. The van der Waals surface area contributed by atoms with E-state index in [0.717, 1.165) is 25.7 Å². The summed E-state index contributed by atoms with van der Waals surface area (Å²) in [6.45, 7) is 2.36. The molecular formula is C19H29NO5S2. The summed E-state index contributed by atoms with van der Waals surface area (Å²) in [7, 11) is -7.13. The van der Waals surface area contributed by atoms with Crippen molar-refractivity contribution in [3.63, 3.8) is 0 Å². The highest BCUT2D eigenvalue weighted by Crippen LogP contribution is 2.28. The second-order valence-corrected chi connectivity index (χ2v) is 11.8. The van der Waals surface area contributed by atoms with Gasteiger partial charge in [-0.3, -0.25) is 0 Å². The molecular weight excluding hydrogens is 386 g/mol. The van der Waals surface area contributed by atoms with Crippen LogP contribution in [0.5, 0.6) is 5.75 Å². The molecule has 0 amide bonds. The minimum Gasteiger partial charge on any atom is -0.494 e. The molecule has 2 aliphatic rings. The van der Waals surface area contributed by atoms with Crippen LogP contribution in [0.4, 0.5) is 0 Å².